The average Bonchev–Trinajstić information content (AvgIpc) is 3.02. The molecule has 0 unspecified atom stereocenters. The number of hydrogen-bond donors (Lipinski definition) is 5. The Morgan fingerprint density at radius 3 is 2.35 bits per heavy atom. The summed E-state index contributed by atoms with van der Waals surface area (Å²) >= 11 is 0. The third kappa shape index (κ3) is 11.2. The van der Waals surface area contributed by atoms with Crippen LogP contribution in [0.4, 0.5) is 27.9 Å². The minimum absolute atomic E-state index is 0.235. The number of rotatable bonds is 18. The maximum absolute atomic E-state index is 13.3. The molecule has 0 saturated carbocycles. The number of hydrogen-bond acceptors (Lipinski definition) is 11. The second-order valence-corrected chi connectivity index (χ2v) is 9.26. The molecule has 1 amide bonds. The Kier molecular flexibility index (Phi) is 12.6. The van der Waals surface area contributed by atoms with Crippen LogP contribution in [0.15, 0.2) is 72.9 Å². The van der Waals surface area contributed by atoms with Gasteiger partial charge in [-0.15, -0.1) is 0 Å². The molecule has 0 aliphatic heterocycles. The van der Waals surface area contributed by atoms with E-state index in [1.165, 1.54) is 12.1 Å². The first-order chi connectivity index (χ1) is 21.1. The Balaban J connectivity index is 1.37. The second-order valence-electron chi connectivity index (χ2n) is 9.26. The van der Waals surface area contributed by atoms with Crippen LogP contribution in [0, 0.1) is 5.82 Å². The molecule has 0 spiro atoms. The van der Waals surface area contributed by atoms with Gasteiger partial charge in [-0.2, -0.15) is 15.0 Å². The molecule has 0 atom stereocenters. The van der Waals surface area contributed by atoms with Crippen molar-refractivity contribution in [1.82, 2.24) is 25.3 Å². The lowest BCUT2D eigenvalue weighted by Gasteiger charge is -2.12. The first-order valence-corrected chi connectivity index (χ1v) is 14.0. The molecule has 43 heavy (non-hydrogen) atoms. The number of amides is 1. The predicted octanol–water partition coefficient (Wildman–Crippen LogP) is 3.14. The molecule has 226 valence electrons. The minimum atomic E-state index is -0.303. The van der Waals surface area contributed by atoms with E-state index in [2.05, 4.69) is 41.2 Å². The van der Waals surface area contributed by atoms with E-state index in [-0.39, 0.29) is 17.7 Å². The smallest absolute Gasteiger partial charge is 0.251 e. The Morgan fingerprint density at radius 1 is 0.814 bits per heavy atom. The zero-order valence-corrected chi connectivity index (χ0v) is 23.8. The highest BCUT2D eigenvalue weighted by molar-refractivity contribution is 5.95. The molecule has 2 aromatic heterocycles. The normalized spacial score (nSPS) is 10.7. The van der Waals surface area contributed by atoms with Gasteiger partial charge in [0.1, 0.15) is 5.82 Å². The van der Waals surface area contributed by atoms with Gasteiger partial charge in [-0.25, -0.2) is 4.39 Å². The summed E-state index contributed by atoms with van der Waals surface area (Å²) < 4.78 is 24.0. The first kappa shape index (κ1) is 31.2. The first-order valence-electron chi connectivity index (χ1n) is 14.0. The molecule has 4 aromatic rings. The van der Waals surface area contributed by atoms with Crippen molar-refractivity contribution >= 4 is 29.4 Å². The summed E-state index contributed by atoms with van der Waals surface area (Å²) in [6.07, 6.45) is 2.43. The lowest BCUT2D eigenvalue weighted by Crippen LogP contribution is -2.27. The number of aromatic nitrogens is 4. The molecule has 4 rings (SSSR count). The highest BCUT2D eigenvalue weighted by Gasteiger charge is 2.10. The maximum atomic E-state index is 13.3. The van der Waals surface area contributed by atoms with Crippen molar-refractivity contribution in [3.8, 4) is 0 Å². The SMILES string of the molecule is NCCOCCOCCNC(=O)c1cccc(Nc2nc(NCCc3ccccn3)nc(NCc3ccc(F)cc3)n2)c1. The van der Waals surface area contributed by atoms with Crippen LogP contribution in [-0.4, -0.2) is 71.9 Å². The van der Waals surface area contributed by atoms with Crippen molar-refractivity contribution in [3.05, 3.63) is 95.6 Å². The lowest BCUT2D eigenvalue weighted by atomic mass is 10.2. The topological polar surface area (TPSA) is 161 Å². The van der Waals surface area contributed by atoms with Gasteiger partial charge in [-0.05, 0) is 48.0 Å². The van der Waals surface area contributed by atoms with Gasteiger partial charge in [0.2, 0.25) is 17.8 Å². The van der Waals surface area contributed by atoms with E-state index in [9.17, 15) is 9.18 Å². The summed E-state index contributed by atoms with van der Waals surface area (Å²) in [5.41, 5.74) is 8.27. The molecule has 6 N–H and O–H groups in total. The van der Waals surface area contributed by atoms with Gasteiger partial charge in [-0.3, -0.25) is 9.78 Å². The molecule has 0 radical (unpaired) electrons. The van der Waals surface area contributed by atoms with Gasteiger partial charge < -0.3 is 36.5 Å². The summed E-state index contributed by atoms with van der Waals surface area (Å²) in [4.78, 5) is 30.5. The van der Waals surface area contributed by atoms with E-state index in [1.54, 1.807) is 36.5 Å². The molecule has 2 heterocycles. The van der Waals surface area contributed by atoms with Gasteiger partial charge in [0, 0.05) is 55.7 Å². The molecule has 2 aromatic carbocycles. The Hall–Kier alpha value is -4.72. The molecule has 0 fully saturated rings. The number of nitrogens with zero attached hydrogens (tertiary/aromatic N) is 4. The summed E-state index contributed by atoms with van der Waals surface area (Å²) in [5.74, 6) is 0.422. The zero-order chi connectivity index (χ0) is 30.1. The summed E-state index contributed by atoms with van der Waals surface area (Å²) in [7, 11) is 0. The predicted molar refractivity (Wildman–Crippen MR) is 163 cm³/mol. The molecule has 12 nitrogen and oxygen atoms in total. The van der Waals surface area contributed by atoms with Gasteiger partial charge >= 0.3 is 0 Å². The number of carbonyl (C=O) groups is 1. The number of anilines is 4. The van der Waals surface area contributed by atoms with Gasteiger partial charge in [0.15, 0.2) is 0 Å². The van der Waals surface area contributed by atoms with Crippen LogP contribution >= 0.6 is 0 Å². The third-order valence-corrected chi connectivity index (χ3v) is 5.94. The van der Waals surface area contributed by atoms with E-state index >= 15 is 0 Å². The van der Waals surface area contributed by atoms with Crippen LogP contribution < -0.4 is 27.0 Å². The molecule has 13 heteroatoms. The fourth-order valence-corrected chi connectivity index (χ4v) is 3.83. The van der Waals surface area contributed by atoms with Crippen molar-refractivity contribution in [1.29, 1.82) is 0 Å². The Morgan fingerprint density at radius 2 is 1.58 bits per heavy atom. The van der Waals surface area contributed by atoms with Crippen LogP contribution in [0.3, 0.4) is 0 Å². The van der Waals surface area contributed by atoms with Crippen molar-refractivity contribution in [2.45, 2.75) is 13.0 Å². The van der Waals surface area contributed by atoms with Crippen LogP contribution in [0.5, 0.6) is 0 Å². The lowest BCUT2D eigenvalue weighted by molar-refractivity contribution is 0.0511. The highest BCUT2D eigenvalue weighted by Crippen LogP contribution is 2.18. The second kappa shape index (κ2) is 17.3. The van der Waals surface area contributed by atoms with Crippen LogP contribution in [-0.2, 0) is 22.4 Å². The van der Waals surface area contributed by atoms with Gasteiger partial charge in [0.25, 0.3) is 5.91 Å². The van der Waals surface area contributed by atoms with E-state index in [1.807, 2.05) is 24.3 Å². The van der Waals surface area contributed by atoms with Crippen molar-refractivity contribution in [3.63, 3.8) is 0 Å². The number of nitrogens with two attached hydrogens (primary N) is 1. The number of carbonyl (C=O) groups excluding carboxylic acids is 1. The van der Waals surface area contributed by atoms with E-state index < -0.39 is 0 Å². The van der Waals surface area contributed by atoms with Crippen LogP contribution in [0.2, 0.25) is 0 Å². The average molecular weight is 590 g/mol. The van der Waals surface area contributed by atoms with Crippen molar-refractivity contribution < 1.29 is 18.7 Å². The van der Waals surface area contributed by atoms with Crippen molar-refractivity contribution in [2.24, 2.45) is 5.73 Å². The fourth-order valence-electron chi connectivity index (χ4n) is 3.83. The highest BCUT2D eigenvalue weighted by atomic mass is 19.1. The van der Waals surface area contributed by atoms with E-state index in [0.29, 0.717) is 82.2 Å². The molecular formula is C30H36FN9O3. The fraction of sp³-hybridized carbons (Fsp3) is 0.300. The summed E-state index contributed by atoms with van der Waals surface area (Å²) in [5, 5.41) is 12.4. The number of ether oxygens (including phenoxy) is 2. The maximum Gasteiger partial charge on any atom is 0.251 e. The van der Waals surface area contributed by atoms with Crippen LogP contribution in [0.1, 0.15) is 21.6 Å². The monoisotopic (exact) mass is 589 g/mol. The van der Waals surface area contributed by atoms with Crippen LogP contribution in [0.25, 0.3) is 0 Å². The quantitative estimate of drug-likeness (QED) is 0.108. The standard InChI is InChI=1S/C30H36FN9O3/c31-24-9-7-22(8-10-24)21-36-29-38-28(35-14-11-25-5-1-2-13-33-25)39-30(40-29)37-26-6-3-4-23(20-26)27(41)34-15-17-43-19-18-42-16-12-32/h1-10,13,20H,11-12,14-19,21,32H2,(H,34,41)(H3,35,36,37,38,39,40). The number of halogens is 1. The summed E-state index contributed by atoms with van der Waals surface area (Å²) in [6, 6.07) is 18.9. The van der Waals surface area contributed by atoms with Gasteiger partial charge in [-0.1, -0.05) is 24.3 Å². The van der Waals surface area contributed by atoms with Gasteiger partial charge in [0.05, 0.1) is 26.4 Å². The zero-order valence-electron chi connectivity index (χ0n) is 23.8. The Labute approximate surface area is 249 Å². The number of nitrogens with one attached hydrogen (secondary N) is 4. The molecule has 0 aliphatic carbocycles. The largest absolute Gasteiger partial charge is 0.378 e. The van der Waals surface area contributed by atoms with Crippen molar-refractivity contribution in [2.75, 3.05) is 62.0 Å². The molecule has 0 aliphatic rings. The molecule has 0 saturated heterocycles. The molecular weight excluding hydrogens is 553 g/mol. The summed E-state index contributed by atoms with van der Waals surface area (Å²) in [6.45, 7) is 3.52. The Bertz CT molecular complexity index is 1410. The number of benzene rings is 2. The molecule has 0 bridgehead atoms. The minimum Gasteiger partial charge on any atom is -0.378 e. The number of pyridine rings is 1. The van der Waals surface area contributed by atoms with E-state index in [4.69, 9.17) is 15.2 Å². The van der Waals surface area contributed by atoms with E-state index in [0.717, 1.165) is 11.3 Å². The third-order valence-electron chi connectivity index (χ3n) is 5.94.